The van der Waals surface area contributed by atoms with Crippen molar-refractivity contribution in [3.8, 4) is 0 Å². The second kappa shape index (κ2) is 6.35. The molecule has 0 bridgehead atoms. The van der Waals surface area contributed by atoms with E-state index in [2.05, 4.69) is 12.2 Å². The first kappa shape index (κ1) is 15.9. The Morgan fingerprint density at radius 1 is 1.33 bits per heavy atom. The fourth-order valence-corrected chi connectivity index (χ4v) is 3.45. The van der Waals surface area contributed by atoms with Gasteiger partial charge in [-0.1, -0.05) is 6.92 Å². The summed E-state index contributed by atoms with van der Waals surface area (Å²) in [6, 6.07) is 0.402. The van der Waals surface area contributed by atoms with Crippen molar-refractivity contribution in [1.82, 2.24) is 5.32 Å². The molecule has 0 aromatic heterocycles. The van der Waals surface area contributed by atoms with E-state index in [0.717, 1.165) is 19.6 Å². The Kier molecular flexibility index (Phi) is 5.62. The van der Waals surface area contributed by atoms with Crippen molar-refractivity contribution < 1.29 is 13.2 Å². The van der Waals surface area contributed by atoms with E-state index in [-0.39, 0.29) is 5.75 Å². The number of sulfone groups is 1. The molecule has 5 heteroatoms. The van der Waals surface area contributed by atoms with Gasteiger partial charge in [-0.3, -0.25) is 0 Å². The molecule has 2 unspecified atom stereocenters. The summed E-state index contributed by atoms with van der Waals surface area (Å²) in [5.74, 6) is 0.572. The fourth-order valence-electron chi connectivity index (χ4n) is 2.23. The number of nitrogens with one attached hydrogen (secondary N) is 1. The third kappa shape index (κ3) is 4.21. The molecule has 1 fully saturated rings. The fraction of sp³-hybridized carbons (Fsp3) is 1.00. The first-order valence-electron chi connectivity index (χ1n) is 6.81. The predicted octanol–water partition coefficient (Wildman–Crippen LogP) is 1.60. The molecule has 0 aliphatic carbocycles. The summed E-state index contributed by atoms with van der Waals surface area (Å²) in [4.78, 5) is 0. The molecule has 18 heavy (non-hydrogen) atoms. The minimum atomic E-state index is -3.02. The summed E-state index contributed by atoms with van der Waals surface area (Å²) < 4.78 is 29.0. The van der Waals surface area contributed by atoms with E-state index in [9.17, 15) is 8.42 Å². The largest absolute Gasteiger partial charge is 0.381 e. The summed E-state index contributed by atoms with van der Waals surface area (Å²) in [7, 11) is -3.02. The summed E-state index contributed by atoms with van der Waals surface area (Å²) in [6.45, 7) is 9.76. The topological polar surface area (TPSA) is 55.4 Å². The highest BCUT2D eigenvalue weighted by Crippen LogP contribution is 2.23. The van der Waals surface area contributed by atoms with E-state index in [1.54, 1.807) is 20.8 Å². The smallest absolute Gasteiger partial charge is 0.155 e. The molecule has 0 spiro atoms. The van der Waals surface area contributed by atoms with Crippen molar-refractivity contribution in [2.75, 3.05) is 25.5 Å². The molecule has 0 aromatic carbocycles. The molecule has 2 atom stereocenters. The number of rotatable bonds is 5. The van der Waals surface area contributed by atoms with Crippen LogP contribution in [0.4, 0.5) is 0 Å². The summed E-state index contributed by atoms with van der Waals surface area (Å²) in [5.41, 5.74) is 0. The van der Waals surface area contributed by atoms with E-state index in [1.165, 1.54) is 0 Å². The maximum absolute atomic E-state index is 12.1. The van der Waals surface area contributed by atoms with Crippen LogP contribution < -0.4 is 5.32 Å². The molecule has 1 aliphatic rings. The molecule has 0 saturated carbocycles. The lowest BCUT2D eigenvalue weighted by Gasteiger charge is -2.32. The zero-order valence-electron chi connectivity index (χ0n) is 12.0. The van der Waals surface area contributed by atoms with Crippen LogP contribution in [0.25, 0.3) is 0 Å². The van der Waals surface area contributed by atoms with Crippen LogP contribution in [-0.4, -0.2) is 44.7 Å². The lowest BCUT2D eigenvalue weighted by molar-refractivity contribution is 0.0314. The van der Waals surface area contributed by atoms with Crippen molar-refractivity contribution >= 4 is 9.84 Å². The average Bonchev–Trinajstić information content (AvgIpc) is 2.27. The molecule has 1 aliphatic heterocycles. The van der Waals surface area contributed by atoms with Crippen LogP contribution in [0, 0.1) is 5.92 Å². The maximum atomic E-state index is 12.1. The Morgan fingerprint density at radius 2 is 2.00 bits per heavy atom. The van der Waals surface area contributed by atoms with Gasteiger partial charge in [0.25, 0.3) is 0 Å². The molecule has 1 rings (SSSR count). The van der Waals surface area contributed by atoms with Crippen molar-refractivity contribution in [1.29, 1.82) is 0 Å². The van der Waals surface area contributed by atoms with E-state index in [0.29, 0.717) is 25.0 Å². The minimum absolute atomic E-state index is 0.256. The molecular weight excluding hydrogens is 250 g/mol. The lowest BCUT2D eigenvalue weighted by atomic mass is 9.93. The van der Waals surface area contributed by atoms with Gasteiger partial charge in [0.1, 0.15) is 0 Å². The van der Waals surface area contributed by atoms with E-state index in [1.807, 2.05) is 0 Å². The van der Waals surface area contributed by atoms with Gasteiger partial charge in [0.05, 0.1) is 17.1 Å². The first-order valence-corrected chi connectivity index (χ1v) is 8.46. The monoisotopic (exact) mass is 277 g/mol. The van der Waals surface area contributed by atoms with Gasteiger partial charge in [0.2, 0.25) is 0 Å². The highest BCUT2D eigenvalue weighted by molar-refractivity contribution is 7.92. The average molecular weight is 277 g/mol. The summed E-state index contributed by atoms with van der Waals surface area (Å²) in [5, 5.41) is 3.43. The van der Waals surface area contributed by atoms with Crippen LogP contribution in [0.15, 0.2) is 0 Å². The third-order valence-electron chi connectivity index (χ3n) is 3.63. The van der Waals surface area contributed by atoms with Gasteiger partial charge in [0, 0.05) is 12.6 Å². The highest BCUT2D eigenvalue weighted by Gasteiger charge is 2.32. The molecular formula is C13H27NO3S. The second-order valence-electron chi connectivity index (χ2n) is 6.01. The molecule has 1 N–H and O–H groups in total. The molecule has 4 nitrogen and oxygen atoms in total. The Hall–Kier alpha value is -0.130. The highest BCUT2D eigenvalue weighted by atomic mass is 32.2. The molecule has 1 heterocycles. The Balaban J connectivity index is 2.56. The van der Waals surface area contributed by atoms with E-state index < -0.39 is 14.6 Å². The third-order valence-corrected chi connectivity index (χ3v) is 6.27. The van der Waals surface area contributed by atoms with Crippen LogP contribution in [0.5, 0.6) is 0 Å². The Morgan fingerprint density at radius 3 is 2.56 bits per heavy atom. The number of hydrogen-bond donors (Lipinski definition) is 1. The molecule has 0 amide bonds. The molecule has 0 aromatic rings. The molecule has 108 valence electrons. The second-order valence-corrected chi connectivity index (χ2v) is 8.87. The maximum Gasteiger partial charge on any atom is 0.155 e. The van der Waals surface area contributed by atoms with Gasteiger partial charge in [-0.05, 0) is 46.1 Å². The van der Waals surface area contributed by atoms with Gasteiger partial charge in [-0.2, -0.15) is 0 Å². The zero-order valence-corrected chi connectivity index (χ0v) is 12.8. The van der Waals surface area contributed by atoms with E-state index in [4.69, 9.17) is 4.74 Å². The van der Waals surface area contributed by atoms with Crippen LogP contribution >= 0.6 is 0 Å². The van der Waals surface area contributed by atoms with Gasteiger partial charge in [-0.15, -0.1) is 0 Å². The van der Waals surface area contributed by atoms with Crippen molar-refractivity contribution in [2.24, 2.45) is 5.92 Å². The first-order chi connectivity index (χ1) is 8.28. The van der Waals surface area contributed by atoms with Gasteiger partial charge in [-0.25, -0.2) is 8.42 Å². The van der Waals surface area contributed by atoms with Gasteiger partial charge >= 0.3 is 0 Å². The van der Waals surface area contributed by atoms with Crippen LogP contribution in [0.2, 0.25) is 0 Å². The Labute approximate surface area is 111 Å². The predicted molar refractivity (Wildman–Crippen MR) is 74.5 cm³/mol. The SMILES string of the molecule is CCNC1CCOCC1CCS(=O)(=O)C(C)(C)C. The van der Waals surface area contributed by atoms with Crippen molar-refractivity contribution in [3.63, 3.8) is 0 Å². The quantitative estimate of drug-likeness (QED) is 0.829. The van der Waals surface area contributed by atoms with Crippen molar-refractivity contribution in [2.45, 2.75) is 51.3 Å². The van der Waals surface area contributed by atoms with Crippen LogP contribution in [0.3, 0.4) is 0 Å². The molecule has 0 radical (unpaired) electrons. The normalized spacial score (nSPS) is 26.2. The van der Waals surface area contributed by atoms with Gasteiger partial charge < -0.3 is 10.1 Å². The van der Waals surface area contributed by atoms with Crippen LogP contribution in [0.1, 0.15) is 40.5 Å². The van der Waals surface area contributed by atoms with Gasteiger partial charge in [0.15, 0.2) is 9.84 Å². The standard InChI is InChI=1S/C13H27NO3S/c1-5-14-12-6-8-17-10-11(12)7-9-18(15,16)13(2,3)4/h11-12,14H,5-10H2,1-4H3. The number of hydrogen-bond acceptors (Lipinski definition) is 4. The summed E-state index contributed by atoms with van der Waals surface area (Å²) in [6.07, 6.45) is 1.67. The minimum Gasteiger partial charge on any atom is -0.381 e. The Bertz CT molecular complexity index is 344. The lowest BCUT2D eigenvalue weighted by Crippen LogP contribution is -2.44. The van der Waals surface area contributed by atoms with Crippen molar-refractivity contribution in [3.05, 3.63) is 0 Å². The van der Waals surface area contributed by atoms with Crippen LogP contribution in [-0.2, 0) is 14.6 Å². The molecule has 1 saturated heterocycles. The van der Waals surface area contributed by atoms with E-state index >= 15 is 0 Å². The summed E-state index contributed by atoms with van der Waals surface area (Å²) >= 11 is 0. The number of ether oxygens (including phenoxy) is 1. The zero-order chi connectivity index (χ0) is 13.8.